The number of rotatable bonds is 1. The Kier molecular flexibility index (Phi) is 3.46. The first-order valence-electron chi connectivity index (χ1n) is 5.38. The molecule has 5 nitrogen and oxygen atoms in total. The highest BCUT2D eigenvalue weighted by Crippen LogP contribution is 2.23. The Labute approximate surface area is 100 Å². The molecule has 0 spiro atoms. The van der Waals surface area contributed by atoms with Gasteiger partial charge in [-0.2, -0.15) is 4.98 Å². The van der Waals surface area contributed by atoms with E-state index < -0.39 is 0 Å². The van der Waals surface area contributed by atoms with E-state index in [2.05, 4.69) is 26.8 Å². The Bertz CT molecular complexity index is 370. The van der Waals surface area contributed by atoms with Crippen molar-refractivity contribution in [3.63, 3.8) is 0 Å². The zero-order chi connectivity index (χ0) is 11.5. The summed E-state index contributed by atoms with van der Waals surface area (Å²) in [4.78, 5) is 12.5. The molecule has 0 aliphatic carbocycles. The van der Waals surface area contributed by atoms with Gasteiger partial charge in [-0.15, -0.1) is 0 Å². The van der Waals surface area contributed by atoms with E-state index in [-0.39, 0.29) is 5.95 Å². The minimum Gasteiger partial charge on any atom is -0.368 e. The molecule has 16 heavy (non-hydrogen) atoms. The fraction of sp³-hybridized carbons (Fsp3) is 0.600. The first kappa shape index (κ1) is 11.4. The van der Waals surface area contributed by atoms with Crippen LogP contribution >= 0.6 is 11.6 Å². The van der Waals surface area contributed by atoms with E-state index in [1.54, 1.807) is 6.20 Å². The summed E-state index contributed by atoms with van der Waals surface area (Å²) in [5.74, 6) is 1.03. The van der Waals surface area contributed by atoms with Crippen LogP contribution in [0, 0.1) is 0 Å². The third kappa shape index (κ3) is 2.54. The van der Waals surface area contributed by atoms with Crippen molar-refractivity contribution < 1.29 is 0 Å². The van der Waals surface area contributed by atoms with E-state index in [9.17, 15) is 0 Å². The molecule has 0 bridgehead atoms. The number of anilines is 2. The van der Waals surface area contributed by atoms with Gasteiger partial charge in [0.25, 0.3) is 0 Å². The predicted octanol–water partition coefficient (Wildman–Crippen LogP) is 0.854. The molecule has 0 atom stereocenters. The smallest absolute Gasteiger partial charge is 0.222 e. The summed E-state index contributed by atoms with van der Waals surface area (Å²) in [5, 5.41) is 0.568. The maximum absolute atomic E-state index is 6.08. The lowest BCUT2D eigenvalue weighted by atomic mass is 10.4. The molecule has 6 heteroatoms. The molecule has 0 amide bonds. The standard InChI is InChI=1S/C10H16ClN5/c1-15-3-2-4-16(6-5-15)9-8(11)7-13-10(12)14-9/h7H,2-6H2,1H3,(H2,12,13,14). The van der Waals surface area contributed by atoms with Gasteiger partial charge in [-0.05, 0) is 20.0 Å². The fourth-order valence-corrected chi connectivity index (χ4v) is 2.06. The van der Waals surface area contributed by atoms with Gasteiger partial charge in [-0.1, -0.05) is 11.6 Å². The maximum Gasteiger partial charge on any atom is 0.222 e. The number of halogens is 1. The van der Waals surface area contributed by atoms with Crippen molar-refractivity contribution in [1.29, 1.82) is 0 Å². The first-order chi connectivity index (χ1) is 7.66. The Morgan fingerprint density at radius 3 is 2.94 bits per heavy atom. The molecular weight excluding hydrogens is 226 g/mol. The van der Waals surface area contributed by atoms with E-state index in [0.717, 1.165) is 38.4 Å². The molecule has 0 unspecified atom stereocenters. The number of aromatic nitrogens is 2. The van der Waals surface area contributed by atoms with Crippen molar-refractivity contribution in [3.05, 3.63) is 11.2 Å². The molecule has 1 saturated heterocycles. The molecule has 1 aliphatic rings. The monoisotopic (exact) mass is 241 g/mol. The molecule has 2 rings (SSSR count). The molecule has 0 aromatic carbocycles. The van der Waals surface area contributed by atoms with E-state index in [4.69, 9.17) is 17.3 Å². The van der Waals surface area contributed by atoms with Crippen molar-refractivity contribution >= 4 is 23.4 Å². The quantitative estimate of drug-likeness (QED) is 0.790. The molecule has 2 heterocycles. The largest absolute Gasteiger partial charge is 0.368 e. The number of nitrogens with zero attached hydrogens (tertiary/aromatic N) is 4. The van der Waals surface area contributed by atoms with Gasteiger partial charge < -0.3 is 15.5 Å². The summed E-state index contributed by atoms with van der Waals surface area (Å²) in [6.45, 7) is 4.00. The lowest BCUT2D eigenvalue weighted by Gasteiger charge is -2.22. The van der Waals surface area contributed by atoms with Gasteiger partial charge in [-0.3, -0.25) is 0 Å². The maximum atomic E-state index is 6.08. The van der Waals surface area contributed by atoms with Gasteiger partial charge in [0.05, 0.1) is 6.20 Å². The van der Waals surface area contributed by atoms with E-state index in [1.165, 1.54) is 0 Å². The van der Waals surface area contributed by atoms with Crippen LogP contribution in [0.1, 0.15) is 6.42 Å². The summed E-state index contributed by atoms with van der Waals surface area (Å²) in [6.07, 6.45) is 2.67. The summed E-state index contributed by atoms with van der Waals surface area (Å²) in [6, 6.07) is 0. The van der Waals surface area contributed by atoms with Crippen LogP contribution in [0.2, 0.25) is 5.02 Å². The second kappa shape index (κ2) is 4.84. The number of nitrogen functional groups attached to an aromatic ring is 1. The second-order valence-corrected chi connectivity index (χ2v) is 4.45. The summed E-state index contributed by atoms with van der Waals surface area (Å²) in [7, 11) is 2.12. The Morgan fingerprint density at radius 1 is 1.31 bits per heavy atom. The van der Waals surface area contributed by atoms with Gasteiger partial charge >= 0.3 is 0 Å². The third-order valence-corrected chi connectivity index (χ3v) is 3.03. The van der Waals surface area contributed by atoms with Crippen molar-refractivity contribution in [1.82, 2.24) is 14.9 Å². The molecule has 1 fully saturated rings. The fourth-order valence-electron chi connectivity index (χ4n) is 1.85. The van der Waals surface area contributed by atoms with E-state index >= 15 is 0 Å². The van der Waals surface area contributed by atoms with Gasteiger partial charge in [0.1, 0.15) is 5.02 Å². The van der Waals surface area contributed by atoms with Crippen LogP contribution in [0.4, 0.5) is 11.8 Å². The highest BCUT2D eigenvalue weighted by molar-refractivity contribution is 6.32. The SMILES string of the molecule is CN1CCCN(c2nc(N)ncc2Cl)CC1. The van der Waals surface area contributed by atoms with Crippen molar-refractivity contribution in [3.8, 4) is 0 Å². The Balaban J connectivity index is 2.19. The molecule has 88 valence electrons. The number of nitrogens with two attached hydrogens (primary N) is 1. The number of hydrogen-bond donors (Lipinski definition) is 1. The van der Waals surface area contributed by atoms with Crippen molar-refractivity contribution in [2.45, 2.75) is 6.42 Å². The molecule has 1 aromatic heterocycles. The van der Waals surface area contributed by atoms with Crippen LogP contribution in [0.3, 0.4) is 0 Å². The Morgan fingerprint density at radius 2 is 2.12 bits per heavy atom. The van der Waals surface area contributed by atoms with Crippen LogP contribution in [0.25, 0.3) is 0 Å². The normalized spacial score (nSPS) is 18.5. The molecule has 0 saturated carbocycles. The van der Waals surface area contributed by atoms with Gasteiger partial charge in [0.2, 0.25) is 5.95 Å². The van der Waals surface area contributed by atoms with Crippen molar-refractivity contribution in [2.24, 2.45) is 0 Å². The van der Waals surface area contributed by atoms with Crippen LogP contribution in [0.15, 0.2) is 6.20 Å². The lowest BCUT2D eigenvalue weighted by molar-refractivity contribution is 0.360. The minimum absolute atomic E-state index is 0.275. The number of hydrogen-bond acceptors (Lipinski definition) is 5. The highest BCUT2D eigenvalue weighted by atomic mass is 35.5. The van der Waals surface area contributed by atoms with E-state index in [1.807, 2.05) is 0 Å². The zero-order valence-electron chi connectivity index (χ0n) is 9.36. The van der Waals surface area contributed by atoms with Gasteiger partial charge in [0.15, 0.2) is 5.82 Å². The zero-order valence-corrected chi connectivity index (χ0v) is 10.1. The summed E-state index contributed by atoms with van der Waals surface area (Å²) < 4.78 is 0. The van der Waals surface area contributed by atoms with Crippen LogP contribution in [0.5, 0.6) is 0 Å². The lowest BCUT2D eigenvalue weighted by Crippen LogP contribution is -2.29. The molecule has 2 N–H and O–H groups in total. The predicted molar refractivity (Wildman–Crippen MR) is 65.8 cm³/mol. The topological polar surface area (TPSA) is 58.3 Å². The van der Waals surface area contributed by atoms with Crippen molar-refractivity contribution in [2.75, 3.05) is 43.9 Å². The van der Waals surface area contributed by atoms with Gasteiger partial charge in [-0.25, -0.2) is 4.98 Å². The summed E-state index contributed by atoms with van der Waals surface area (Å²) in [5.41, 5.74) is 5.58. The number of likely N-dealkylation sites (N-methyl/N-ethyl adjacent to an activating group) is 1. The third-order valence-electron chi connectivity index (χ3n) is 2.76. The van der Waals surface area contributed by atoms with E-state index in [0.29, 0.717) is 5.02 Å². The average molecular weight is 242 g/mol. The van der Waals surface area contributed by atoms with Crippen LogP contribution in [-0.2, 0) is 0 Å². The summed E-state index contributed by atoms with van der Waals surface area (Å²) >= 11 is 6.08. The average Bonchev–Trinajstić information content (AvgIpc) is 2.47. The molecule has 1 aliphatic heterocycles. The second-order valence-electron chi connectivity index (χ2n) is 4.04. The highest BCUT2D eigenvalue weighted by Gasteiger charge is 2.16. The van der Waals surface area contributed by atoms with Crippen LogP contribution in [-0.4, -0.2) is 48.1 Å². The molecule has 0 radical (unpaired) electrons. The van der Waals surface area contributed by atoms with Gasteiger partial charge in [0, 0.05) is 19.6 Å². The van der Waals surface area contributed by atoms with Crippen LogP contribution < -0.4 is 10.6 Å². The molecular formula is C10H16ClN5. The first-order valence-corrected chi connectivity index (χ1v) is 5.76. The minimum atomic E-state index is 0.275. The Hall–Kier alpha value is -1.07. The molecule has 1 aromatic rings.